The molecule has 0 spiro atoms. The number of carbonyl (C=O) groups is 1. The van der Waals surface area contributed by atoms with E-state index in [1.165, 1.54) is 0 Å². The highest BCUT2D eigenvalue weighted by molar-refractivity contribution is 6.30. The minimum atomic E-state index is 0.102. The van der Waals surface area contributed by atoms with E-state index < -0.39 is 0 Å². The van der Waals surface area contributed by atoms with Crippen LogP contribution < -0.4 is 5.32 Å². The molecule has 2 rings (SSSR count). The Labute approximate surface area is 114 Å². The Morgan fingerprint density at radius 2 is 2.11 bits per heavy atom. The zero-order chi connectivity index (χ0) is 13.2. The van der Waals surface area contributed by atoms with Gasteiger partial charge in [0.2, 0.25) is 0 Å². The summed E-state index contributed by atoms with van der Waals surface area (Å²) in [5, 5.41) is 4.19. The maximum Gasteiger partial charge on any atom is 0.166 e. The molecule has 1 aliphatic heterocycles. The number of carbonyl (C=O) groups excluding carboxylic acids is 1. The summed E-state index contributed by atoms with van der Waals surface area (Å²) >= 11 is 5.85. The molecule has 18 heavy (non-hydrogen) atoms. The maximum atomic E-state index is 12.4. The Balaban J connectivity index is 2.11. The average Bonchev–Trinajstić information content (AvgIpc) is 2.39. The molecule has 0 bridgehead atoms. The lowest BCUT2D eigenvalue weighted by Crippen LogP contribution is -2.49. The standard InChI is InChI=1S/C15H20ClNO/c1-3-15(2)10-12(8-9-17-15)14(18)11-4-6-13(16)7-5-11/h4-7,12,17H,3,8-10H2,1-2H3. The van der Waals surface area contributed by atoms with Gasteiger partial charge in [-0.3, -0.25) is 4.79 Å². The van der Waals surface area contributed by atoms with Crippen molar-refractivity contribution >= 4 is 17.4 Å². The molecule has 0 aromatic heterocycles. The highest BCUT2D eigenvalue weighted by Crippen LogP contribution is 2.29. The van der Waals surface area contributed by atoms with Gasteiger partial charge in [-0.2, -0.15) is 0 Å². The third-order valence-corrected chi connectivity index (χ3v) is 4.27. The molecule has 1 heterocycles. The van der Waals surface area contributed by atoms with Crippen molar-refractivity contribution in [1.29, 1.82) is 0 Å². The first-order chi connectivity index (χ1) is 8.54. The fraction of sp³-hybridized carbons (Fsp3) is 0.533. The first-order valence-electron chi connectivity index (χ1n) is 6.59. The summed E-state index contributed by atoms with van der Waals surface area (Å²) in [6.07, 6.45) is 2.90. The Hall–Kier alpha value is -0.860. The molecular weight excluding hydrogens is 246 g/mol. The first-order valence-corrected chi connectivity index (χ1v) is 6.97. The van der Waals surface area contributed by atoms with Crippen LogP contribution in [0.15, 0.2) is 24.3 Å². The molecule has 1 fully saturated rings. The number of halogens is 1. The van der Waals surface area contributed by atoms with Crippen molar-refractivity contribution in [2.75, 3.05) is 6.54 Å². The van der Waals surface area contributed by atoms with Gasteiger partial charge in [0.25, 0.3) is 0 Å². The highest BCUT2D eigenvalue weighted by Gasteiger charge is 2.33. The Morgan fingerprint density at radius 3 is 2.72 bits per heavy atom. The molecule has 0 aliphatic carbocycles. The van der Waals surface area contributed by atoms with E-state index in [0.29, 0.717) is 5.02 Å². The molecule has 1 N–H and O–H groups in total. The summed E-state index contributed by atoms with van der Waals surface area (Å²) < 4.78 is 0. The van der Waals surface area contributed by atoms with Crippen molar-refractivity contribution in [1.82, 2.24) is 5.32 Å². The van der Waals surface area contributed by atoms with E-state index in [4.69, 9.17) is 11.6 Å². The maximum absolute atomic E-state index is 12.4. The highest BCUT2D eigenvalue weighted by atomic mass is 35.5. The minimum absolute atomic E-state index is 0.102. The summed E-state index contributed by atoms with van der Waals surface area (Å²) in [7, 11) is 0. The molecule has 1 saturated heterocycles. The lowest BCUT2D eigenvalue weighted by molar-refractivity contribution is 0.0839. The fourth-order valence-corrected chi connectivity index (χ4v) is 2.74. The summed E-state index contributed by atoms with van der Waals surface area (Å²) in [4.78, 5) is 12.4. The van der Waals surface area contributed by atoms with E-state index in [-0.39, 0.29) is 17.2 Å². The van der Waals surface area contributed by atoms with Crippen LogP contribution in [0.2, 0.25) is 5.02 Å². The van der Waals surface area contributed by atoms with Gasteiger partial charge in [-0.1, -0.05) is 18.5 Å². The molecule has 3 heteroatoms. The third-order valence-electron chi connectivity index (χ3n) is 4.02. The van der Waals surface area contributed by atoms with E-state index in [9.17, 15) is 4.79 Å². The predicted octanol–water partition coefficient (Wildman–Crippen LogP) is 3.69. The lowest BCUT2D eigenvalue weighted by Gasteiger charge is -2.38. The van der Waals surface area contributed by atoms with E-state index in [1.54, 1.807) is 12.1 Å². The molecule has 98 valence electrons. The number of hydrogen-bond donors (Lipinski definition) is 1. The third kappa shape index (κ3) is 2.93. The normalized spacial score (nSPS) is 28.1. The van der Waals surface area contributed by atoms with Crippen molar-refractivity contribution in [3.8, 4) is 0 Å². The van der Waals surface area contributed by atoms with Crippen LogP contribution in [0.3, 0.4) is 0 Å². The van der Waals surface area contributed by atoms with Crippen LogP contribution in [0.25, 0.3) is 0 Å². The van der Waals surface area contributed by atoms with Gasteiger partial charge < -0.3 is 5.32 Å². The number of piperidine rings is 1. The number of Topliss-reactive ketones (excluding diaryl/α,β-unsaturated/α-hetero) is 1. The van der Waals surface area contributed by atoms with Gasteiger partial charge in [-0.15, -0.1) is 0 Å². The largest absolute Gasteiger partial charge is 0.311 e. The Bertz CT molecular complexity index is 429. The Kier molecular flexibility index (Phi) is 4.08. The fourth-order valence-electron chi connectivity index (χ4n) is 2.61. The average molecular weight is 266 g/mol. The number of hydrogen-bond acceptors (Lipinski definition) is 2. The van der Waals surface area contributed by atoms with Gasteiger partial charge >= 0.3 is 0 Å². The van der Waals surface area contributed by atoms with Crippen molar-refractivity contribution in [2.24, 2.45) is 5.92 Å². The van der Waals surface area contributed by atoms with Gasteiger partial charge in [0, 0.05) is 22.0 Å². The van der Waals surface area contributed by atoms with Gasteiger partial charge in [0.05, 0.1) is 0 Å². The second kappa shape index (κ2) is 5.41. The van der Waals surface area contributed by atoms with Crippen LogP contribution in [0.1, 0.15) is 43.5 Å². The summed E-state index contributed by atoms with van der Waals surface area (Å²) in [6, 6.07) is 7.23. The monoisotopic (exact) mass is 265 g/mol. The summed E-state index contributed by atoms with van der Waals surface area (Å²) in [5.41, 5.74) is 0.884. The van der Waals surface area contributed by atoms with Crippen molar-refractivity contribution in [2.45, 2.75) is 38.6 Å². The van der Waals surface area contributed by atoms with Gasteiger partial charge in [-0.25, -0.2) is 0 Å². The van der Waals surface area contributed by atoms with Gasteiger partial charge in [-0.05, 0) is 57.0 Å². The summed E-state index contributed by atoms with van der Waals surface area (Å²) in [6.45, 7) is 5.30. The Morgan fingerprint density at radius 1 is 1.44 bits per heavy atom. The molecule has 2 atom stereocenters. The topological polar surface area (TPSA) is 29.1 Å². The molecule has 1 aromatic carbocycles. The summed E-state index contributed by atoms with van der Waals surface area (Å²) in [5.74, 6) is 0.394. The molecule has 2 nitrogen and oxygen atoms in total. The smallest absolute Gasteiger partial charge is 0.166 e. The lowest BCUT2D eigenvalue weighted by atomic mass is 9.78. The second-order valence-electron chi connectivity index (χ2n) is 5.40. The van der Waals surface area contributed by atoms with Crippen molar-refractivity contribution < 1.29 is 4.79 Å². The zero-order valence-corrected chi connectivity index (χ0v) is 11.8. The van der Waals surface area contributed by atoms with Gasteiger partial charge in [0.15, 0.2) is 5.78 Å². The number of rotatable bonds is 3. The number of benzene rings is 1. The predicted molar refractivity (Wildman–Crippen MR) is 75.2 cm³/mol. The van der Waals surface area contributed by atoms with Crippen LogP contribution in [0.4, 0.5) is 0 Å². The molecule has 2 unspecified atom stereocenters. The molecule has 1 aromatic rings. The van der Waals surface area contributed by atoms with Crippen LogP contribution in [-0.4, -0.2) is 17.9 Å². The van der Waals surface area contributed by atoms with Crippen LogP contribution in [-0.2, 0) is 0 Å². The number of nitrogens with one attached hydrogen (secondary N) is 1. The molecule has 0 radical (unpaired) electrons. The minimum Gasteiger partial charge on any atom is -0.311 e. The van der Waals surface area contributed by atoms with Crippen LogP contribution in [0.5, 0.6) is 0 Å². The molecular formula is C15H20ClNO. The van der Waals surface area contributed by atoms with E-state index >= 15 is 0 Å². The molecule has 0 saturated carbocycles. The quantitative estimate of drug-likeness (QED) is 0.845. The van der Waals surface area contributed by atoms with Crippen LogP contribution >= 0.6 is 11.6 Å². The van der Waals surface area contributed by atoms with Crippen molar-refractivity contribution in [3.63, 3.8) is 0 Å². The van der Waals surface area contributed by atoms with Crippen molar-refractivity contribution in [3.05, 3.63) is 34.9 Å². The molecule has 0 amide bonds. The zero-order valence-electron chi connectivity index (χ0n) is 11.0. The van der Waals surface area contributed by atoms with E-state index in [1.807, 2.05) is 12.1 Å². The van der Waals surface area contributed by atoms with Crippen LogP contribution in [0, 0.1) is 5.92 Å². The number of ketones is 1. The first kappa shape index (κ1) is 13.6. The van der Waals surface area contributed by atoms with E-state index in [0.717, 1.165) is 31.4 Å². The second-order valence-corrected chi connectivity index (χ2v) is 5.84. The van der Waals surface area contributed by atoms with E-state index in [2.05, 4.69) is 19.2 Å². The molecule has 1 aliphatic rings. The van der Waals surface area contributed by atoms with Gasteiger partial charge in [0.1, 0.15) is 0 Å². The SMILES string of the molecule is CCC1(C)CC(C(=O)c2ccc(Cl)cc2)CCN1.